The molecule has 0 bridgehead atoms. The normalized spacial score (nSPS) is 10.2. The molecule has 2 nitrogen and oxygen atoms in total. The summed E-state index contributed by atoms with van der Waals surface area (Å²) >= 11 is 2.23. The highest BCUT2D eigenvalue weighted by Gasteiger charge is 2.09. The van der Waals surface area contributed by atoms with Gasteiger partial charge in [-0.15, -0.1) is 0 Å². The lowest BCUT2D eigenvalue weighted by molar-refractivity contribution is 0.103. The minimum atomic E-state index is 0.0152. The van der Waals surface area contributed by atoms with Gasteiger partial charge < -0.3 is 4.74 Å². The van der Waals surface area contributed by atoms with E-state index in [9.17, 15) is 4.79 Å². The van der Waals surface area contributed by atoms with Gasteiger partial charge in [0.15, 0.2) is 5.78 Å². The predicted octanol–water partition coefficient (Wildman–Crippen LogP) is 5.31. The smallest absolute Gasteiger partial charge is 0.193 e. The van der Waals surface area contributed by atoms with Crippen molar-refractivity contribution in [3.8, 4) is 11.5 Å². The van der Waals surface area contributed by atoms with Gasteiger partial charge >= 0.3 is 0 Å². The van der Waals surface area contributed by atoms with E-state index in [-0.39, 0.29) is 5.78 Å². The van der Waals surface area contributed by atoms with Gasteiger partial charge in [-0.1, -0.05) is 42.5 Å². The maximum atomic E-state index is 12.3. The number of hydrogen-bond donors (Lipinski definition) is 0. The summed E-state index contributed by atoms with van der Waals surface area (Å²) in [7, 11) is 0. The van der Waals surface area contributed by atoms with Crippen molar-refractivity contribution < 1.29 is 9.53 Å². The topological polar surface area (TPSA) is 26.3 Å². The van der Waals surface area contributed by atoms with E-state index in [0.717, 1.165) is 9.32 Å². The third kappa shape index (κ3) is 3.36. The molecule has 108 valence electrons. The van der Waals surface area contributed by atoms with Gasteiger partial charge in [0, 0.05) is 11.1 Å². The van der Waals surface area contributed by atoms with Crippen LogP contribution in [0.1, 0.15) is 15.9 Å². The molecule has 0 radical (unpaired) electrons. The zero-order valence-corrected chi connectivity index (χ0v) is 13.9. The first kappa shape index (κ1) is 14.8. The molecule has 0 amide bonds. The first-order chi connectivity index (χ1) is 10.7. The zero-order valence-electron chi connectivity index (χ0n) is 11.7. The molecule has 3 rings (SSSR count). The molecular formula is C19H13IO2. The predicted molar refractivity (Wildman–Crippen MR) is 95.5 cm³/mol. The number of carbonyl (C=O) groups excluding carboxylic acids is 1. The molecule has 0 spiro atoms. The van der Waals surface area contributed by atoms with Crippen LogP contribution in [-0.4, -0.2) is 5.78 Å². The van der Waals surface area contributed by atoms with Gasteiger partial charge in [0.1, 0.15) is 11.5 Å². The zero-order chi connectivity index (χ0) is 15.4. The maximum absolute atomic E-state index is 12.3. The van der Waals surface area contributed by atoms with Crippen LogP contribution in [0, 0.1) is 3.57 Å². The average Bonchev–Trinajstić information content (AvgIpc) is 2.58. The molecule has 0 saturated heterocycles. The number of hydrogen-bond acceptors (Lipinski definition) is 2. The van der Waals surface area contributed by atoms with Gasteiger partial charge in [-0.05, 0) is 59.0 Å². The van der Waals surface area contributed by atoms with Crippen LogP contribution in [0.2, 0.25) is 0 Å². The lowest BCUT2D eigenvalue weighted by atomic mass is 10.0. The quantitative estimate of drug-likeness (QED) is 0.438. The van der Waals surface area contributed by atoms with E-state index in [4.69, 9.17) is 4.74 Å². The summed E-state index contributed by atoms with van der Waals surface area (Å²) in [6, 6.07) is 24.3. The van der Waals surface area contributed by atoms with Crippen molar-refractivity contribution in [2.24, 2.45) is 0 Å². The Kier molecular flexibility index (Phi) is 4.53. The fourth-order valence-electron chi connectivity index (χ4n) is 2.09. The second-order valence-corrected chi connectivity index (χ2v) is 5.91. The maximum Gasteiger partial charge on any atom is 0.193 e. The number of benzene rings is 3. The lowest BCUT2D eigenvalue weighted by Crippen LogP contribution is -2.00. The van der Waals surface area contributed by atoms with E-state index in [2.05, 4.69) is 22.6 Å². The second kappa shape index (κ2) is 6.75. The number of ether oxygens (including phenoxy) is 1. The van der Waals surface area contributed by atoms with Crippen LogP contribution in [0.4, 0.5) is 0 Å². The van der Waals surface area contributed by atoms with E-state index in [1.807, 2.05) is 66.7 Å². The van der Waals surface area contributed by atoms with Crippen LogP contribution in [0.25, 0.3) is 0 Å². The van der Waals surface area contributed by atoms with Gasteiger partial charge in [-0.3, -0.25) is 4.79 Å². The highest BCUT2D eigenvalue weighted by atomic mass is 127. The van der Waals surface area contributed by atoms with E-state index in [1.54, 1.807) is 12.1 Å². The van der Waals surface area contributed by atoms with Crippen LogP contribution in [0.15, 0.2) is 78.9 Å². The van der Waals surface area contributed by atoms with Gasteiger partial charge in [0.25, 0.3) is 0 Å². The van der Waals surface area contributed by atoms with E-state index >= 15 is 0 Å². The van der Waals surface area contributed by atoms with Crippen molar-refractivity contribution in [1.29, 1.82) is 0 Å². The molecule has 3 aromatic carbocycles. The van der Waals surface area contributed by atoms with Crippen LogP contribution >= 0.6 is 22.6 Å². The Morgan fingerprint density at radius 3 is 2.00 bits per heavy atom. The molecule has 0 aliphatic carbocycles. The number of rotatable bonds is 4. The summed E-state index contributed by atoms with van der Waals surface area (Å²) in [5.41, 5.74) is 1.34. The third-order valence-electron chi connectivity index (χ3n) is 3.22. The van der Waals surface area contributed by atoms with E-state index < -0.39 is 0 Å². The van der Waals surface area contributed by atoms with Gasteiger partial charge in [0.2, 0.25) is 0 Å². The third-order valence-corrected chi connectivity index (χ3v) is 4.11. The molecule has 0 saturated carbocycles. The minimum absolute atomic E-state index is 0.0152. The Labute approximate surface area is 142 Å². The number of halogens is 1. The molecule has 3 aromatic rings. The first-order valence-electron chi connectivity index (χ1n) is 6.86. The van der Waals surface area contributed by atoms with Crippen molar-refractivity contribution in [3.63, 3.8) is 0 Å². The molecular weight excluding hydrogens is 387 g/mol. The molecule has 0 unspecified atom stereocenters. The highest BCUT2D eigenvalue weighted by molar-refractivity contribution is 14.1. The summed E-state index contributed by atoms with van der Waals surface area (Å²) in [5.74, 6) is 1.54. The monoisotopic (exact) mass is 400 g/mol. The largest absolute Gasteiger partial charge is 0.456 e. The van der Waals surface area contributed by atoms with Crippen molar-refractivity contribution in [2.75, 3.05) is 0 Å². The second-order valence-electron chi connectivity index (χ2n) is 4.75. The van der Waals surface area contributed by atoms with Crippen LogP contribution in [-0.2, 0) is 0 Å². The standard InChI is InChI=1S/C19H13IO2/c20-17-8-4-5-9-18(17)22-16-12-10-15(11-13-16)19(21)14-6-2-1-3-7-14/h1-13H. The summed E-state index contributed by atoms with van der Waals surface area (Å²) in [4.78, 5) is 12.3. The molecule has 0 heterocycles. The Bertz CT molecular complexity index is 780. The minimum Gasteiger partial charge on any atom is -0.456 e. The van der Waals surface area contributed by atoms with Gasteiger partial charge in [-0.25, -0.2) is 0 Å². The summed E-state index contributed by atoms with van der Waals surface area (Å²) < 4.78 is 6.88. The Morgan fingerprint density at radius 2 is 1.32 bits per heavy atom. The Hall–Kier alpha value is -2.14. The molecule has 0 fully saturated rings. The van der Waals surface area contributed by atoms with Gasteiger partial charge in [-0.2, -0.15) is 0 Å². The fraction of sp³-hybridized carbons (Fsp3) is 0. The average molecular weight is 400 g/mol. The van der Waals surface area contributed by atoms with Crippen LogP contribution in [0.3, 0.4) is 0 Å². The summed E-state index contributed by atoms with van der Waals surface area (Å²) in [5, 5.41) is 0. The molecule has 3 heteroatoms. The first-order valence-corrected chi connectivity index (χ1v) is 7.94. The molecule has 22 heavy (non-hydrogen) atoms. The van der Waals surface area contributed by atoms with Gasteiger partial charge in [0.05, 0.1) is 3.57 Å². The van der Waals surface area contributed by atoms with Crippen molar-refractivity contribution >= 4 is 28.4 Å². The molecule has 0 aromatic heterocycles. The van der Waals surface area contributed by atoms with E-state index in [1.165, 1.54) is 0 Å². The molecule has 0 atom stereocenters. The van der Waals surface area contributed by atoms with Crippen molar-refractivity contribution in [3.05, 3.63) is 93.6 Å². The van der Waals surface area contributed by atoms with Crippen LogP contribution in [0.5, 0.6) is 11.5 Å². The molecule has 0 aliphatic rings. The van der Waals surface area contributed by atoms with Crippen LogP contribution < -0.4 is 4.74 Å². The number of carbonyl (C=O) groups is 1. The summed E-state index contributed by atoms with van der Waals surface area (Å²) in [6.07, 6.45) is 0. The Balaban J connectivity index is 1.79. The van der Waals surface area contributed by atoms with E-state index in [0.29, 0.717) is 16.9 Å². The Morgan fingerprint density at radius 1 is 0.727 bits per heavy atom. The lowest BCUT2D eigenvalue weighted by Gasteiger charge is -2.08. The molecule has 0 N–H and O–H groups in total. The van der Waals surface area contributed by atoms with Crippen molar-refractivity contribution in [2.45, 2.75) is 0 Å². The summed E-state index contributed by atoms with van der Waals surface area (Å²) in [6.45, 7) is 0. The fourth-order valence-corrected chi connectivity index (χ4v) is 2.58. The number of ketones is 1. The highest BCUT2D eigenvalue weighted by Crippen LogP contribution is 2.26. The van der Waals surface area contributed by atoms with Crippen molar-refractivity contribution in [1.82, 2.24) is 0 Å². The SMILES string of the molecule is O=C(c1ccccc1)c1ccc(Oc2ccccc2I)cc1. The number of para-hydroxylation sites is 1. The molecule has 0 aliphatic heterocycles.